The number of fused-ring (bicyclic) bond motifs is 1. The van der Waals surface area contributed by atoms with Gasteiger partial charge in [-0.2, -0.15) is 0 Å². The van der Waals surface area contributed by atoms with Gasteiger partial charge in [0.2, 0.25) is 5.91 Å². The highest BCUT2D eigenvalue weighted by Crippen LogP contribution is 2.30. The first-order valence-electron chi connectivity index (χ1n) is 10.6. The average molecular weight is 472 g/mol. The van der Waals surface area contributed by atoms with Gasteiger partial charge in [0.1, 0.15) is 4.88 Å². The highest BCUT2D eigenvalue weighted by molar-refractivity contribution is 8.00. The van der Waals surface area contributed by atoms with Crippen LogP contribution in [0.3, 0.4) is 0 Å². The normalized spacial score (nSPS) is 12.2. The Morgan fingerprint density at radius 3 is 2.47 bits per heavy atom. The van der Waals surface area contributed by atoms with Crippen LogP contribution in [0.25, 0.3) is 10.9 Å². The van der Waals surface area contributed by atoms with Gasteiger partial charge >= 0.3 is 5.97 Å². The number of hydrogen-bond donors (Lipinski definition) is 1. The second-order valence-corrected chi connectivity index (χ2v) is 10.8. The molecule has 1 atom stereocenters. The number of anilines is 1. The molecule has 32 heavy (non-hydrogen) atoms. The van der Waals surface area contributed by atoms with Gasteiger partial charge in [0, 0.05) is 5.39 Å². The summed E-state index contributed by atoms with van der Waals surface area (Å²) >= 11 is 2.54. The number of carbonyl (C=O) groups is 2. The SMILES string of the molecule is Cc1cc(C)c2nc(SC(C)C(=O)Nc3nc(C)c(C(=O)OCC(C)C)s3)cc(C)c2c1. The Labute approximate surface area is 197 Å². The van der Waals surface area contributed by atoms with Crippen molar-refractivity contribution in [3.8, 4) is 0 Å². The van der Waals surface area contributed by atoms with Crippen molar-refractivity contribution in [3.63, 3.8) is 0 Å². The minimum Gasteiger partial charge on any atom is -0.461 e. The van der Waals surface area contributed by atoms with Gasteiger partial charge in [-0.25, -0.2) is 14.8 Å². The largest absolute Gasteiger partial charge is 0.461 e. The summed E-state index contributed by atoms with van der Waals surface area (Å²) in [5.74, 6) is -0.339. The lowest BCUT2D eigenvalue weighted by Crippen LogP contribution is -2.22. The molecule has 3 rings (SSSR count). The van der Waals surface area contributed by atoms with Crippen molar-refractivity contribution in [3.05, 3.63) is 45.5 Å². The zero-order valence-corrected chi connectivity index (χ0v) is 21.2. The van der Waals surface area contributed by atoms with E-state index in [4.69, 9.17) is 9.72 Å². The highest BCUT2D eigenvalue weighted by atomic mass is 32.2. The van der Waals surface area contributed by atoms with Crippen LogP contribution in [0.5, 0.6) is 0 Å². The van der Waals surface area contributed by atoms with Crippen LogP contribution in [0.15, 0.2) is 23.2 Å². The van der Waals surface area contributed by atoms with Crippen molar-refractivity contribution in [2.24, 2.45) is 5.92 Å². The minimum atomic E-state index is -0.405. The van der Waals surface area contributed by atoms with Crippen molar-refractivity contribution in [1.82, 2.24) is 9.97 Å². The van der Waals surface area contributed by atoms with Crippen LogP contribution in [0.4, 0.5) is 5.13 Å². The molecular weight excluding hydrogens is 442 g/mol. The average Bonchev–Trinajstić information content (AvgIpc) is 3.07. The van der Waals surface area contributed by atoms with Crippen LogP contribution in [0.2, 0.25) is 0 Å². The van der Waals surface area contributed by atoms with Gasteiger partial charge in [-0.15, -0.1) is 0 Å². The number of esters is 1. The summed E-state index contributed by atoms with van der Waals surface area (Å²) in [7, 11) is 0. The predicted molar refractivity (Wildman–Crippen MR) is 132 cm³/mol. The van der Waals surface area contributed by atoms with E-state index in [1.807, 2.05) is 26.8 Å². The molecule has 8 heteroatoms. The Balaban J connectivity index is 1.70. The lowest BCUT2D eigenvalue weighted by molar-refractivity contribution is -0.115. The lowest BCUT2D eigenvalue weighted by atomic mass is 10.0. The summed E-state index contributed by atoms with van der Waals surface area (Å²) in [5.41, 5.74) is 4.98. The molecule has 1 unspecified atom stereocenters. The maximum Gasteiger partial charge on any atom is 0.350 e. The molecule has 0 spiro atoms. The molecule has 0 saturated carbocycles. The Morgan fingerprint density at radius 2 is 1.78 bits per heavy atom. The summed E-state index contributed by atoms with van der Waals surface area (Å²) in [4.78, 5) is 34.6. The predicted octanol–water partition coefficient (Wildman–Crippen LogP) is 5.86. The van der Waals surface area contributed by atoms with E-state index >= 15 is 0 Å². The molecule has 6 nitrogen and oxygen atoms in total. The van der Waals surface area contributed by atoms with Gasteiger partial charge in [-0.1, -0.05) is 48.6 Å². The molecule has 2 aromatic heterocycles. The molecule has 3 aromatic rings. The quantitative estimate of drug-likeness (QED) is 0.343. The summed E-state index contributed by atoms with van der Waals surface area (Å²) in [5, 5.41) is 4.78. The number of rotatable bonds is 7. The van der Waals surface area contributed by atoms with Crippen molar-refractivity contribution in [1.29, 1.82) is 0 Å². The maximum absolute atomic E-state index is 12.8. The first kappa shape index (κ1) is 24.2. The first-order valence-corrected chi connectivity index (χ1v) is 12.3. The smallest absolute Gasteiger partial charge is 0.350 e. The van der Waals surface area contributed by atoms with Gasteiger partial charge < -0.3 is 10.1 Å². The van der Waals surface area contributed by atoms with Crippen LogP contribution < -0.4 is 5.32 Å². The van der Waals surface area contributed by atoms with Gasteiger partial charge in [0.05, 0.1) is 28.1 Å². The molecule has 0 radical (unpaired) electrons. The van der Waals surface area contributed by atoms with E-state index in [9.17, 15) is 9.59 Å². The summed E-state index contributed by atoms with van der Waals surface area (Å²) < 4.78 is 5.28. The van der Waals surface area contributed by atoms with Crippen LogP contribution in [-0.4, -0.2) is 33.7 Å². The molecule has 2 heterocycles. The van der Waals surface area contributed by atoms with Crippen molar-refractivity contribution < 1.29 is 14.3 Å². The topological polar surface area (TPSA) is 81.2 Å². The van der Waals surface area contributed by atoms with Crippen LogP contribution in [-0.2, 0) is 9.53 Å². The Kier molecular flexibility index (Phi) is 7.56. The number of pyridine rings is 1. The van der Waals surface area contributed by atoms with E-state index in [-0.39, 0.29) is 17.1 Å². The van der Waals surface area contributed by atoms with Gasteiger partial charge in [-0.05, 0) is 63.8 Å². The molecule has 170 valence electrons. The molecular formula is C24H29N3O3S2. The Bertz CT molecular complexity index is 1170. The number of aromatic nitrogens is 2. The molecule has 1 amide bonds. The fourth-order valence-electron chi connectivity index (χ4n) is 3.26. The van der Waals surface area contributed by atoms with Gasteiger partial charge in [0.25, 0.3) is 0 Å². The molecule has 0 aliphatic rings. The summed E-state index contributed by atoms with van der Waals surface area (Å²) in [6.45, 7) is 14.1. The van der Waals surface area contributed by atoms with Crippen molar-refractivity contribution >= 4 is 51.0 Å². The number of carbonyl (C=O) groups excluding carboxylic acids is 2. The number of thioether (sulfide) groups is 1. The summed E-state index contributed by atoms with van der Waals surface area (Å²) in [6, 6.07) is 6.28. The van der Waals surface area contributed by atoms with Crippen LogP contribution >= 0.6 is 23.1 Å². The molecule has 0 saturated heterocycles. The molecule has 0 aliphatic carbocycles. The monoisotopic (exact) mass is 471 g/mol. The van der Waals surface area contributed by atoms with E-state index in [0.717, 1.165) is 38.4 Å². The van der Waals surface area contributed by atoms with Crippen molar-refractivity contribution in [2.75, 3.05) is 11.9 Å². The molecule has 0 fully saturated rings. The van der Waals surface area contributed by atoms with E-state index in [1.165, 1.54) is 17.3 Å². The minimum absolute atomic E-state index is 0.189. The second-order valence-electron chi connectivity index (χ2n) is 8.43. The molecule has 1 aromatic carbocycles. The molecule has 0 aliphatic heterocycles. The van der Waals surface area contributed by atoms with Crippen LogP contribution in [0.1, 0.15) is 52.8 Å². The number of benzene rings is 1. The zero-order chi connectivity index (χ0) is 23.6. The Hall–Kier alpha value is -2.45. The number of nitrogens with one attached hydrogen (secondary N) is 1. The van der Waals surface area contributed by atoms with Crippen molar-refractivity contribution in [2.45, 2.75) is 58.7 Å². The van der Waals surface area contributed by atoms with Gasteiger partial charge in [-0.3, -0.25) is 4.79 Å². The lowest BCUT2D eigenvalue weighted by Gasteiger charge is -2.13. The first-order chi connectivity index (χ1) is 15.0. The number of ether oxygens (including phenoxy) is 1. The number of thiazole rings is 1. The van der Waals surface area contributed by atoms with Crippen LogP contribution in [0, 0.1) is 33.6 Å². The molecule has 1 N–H and O–H groups in total. The number of aryl methyl sites for hydroxylation is 4. The third-order valence-electron chi connectivity index (χ3n) is 4.86. The van der Waals surface area contributed by atoms with E-state index in [2.05, 4.69) is 43.2 Å². The van der Waals surface area contributed by atoms with E-state index < -0.39 is 5.97 Å². The Morgan fingerprint density at radius 1 is 1.06 bits per heavy atom. The third-order valence-corrected chi connectivity index (χ3v) is 6.93. The highest BCUT2D eigenvalue weighted by Gasteiger charge is 2.21. The zero-order valence-electron chi connectivity index (χ0n) is 19.5. The third kappa shape index (κ3) is 5.66. The van der Waals surface area contributed by atoms with E-state index in [0.29, 0.717) is 22.3 Å². The number of hydrogen-bond acceptors (Lipinski definition) is 7. The number of amides is 1. The molecule has 0 bridgehead atoms. The van der Waals surface area contributed by atoms with Gasteiger partial charge in [0.15, 0.2) is 5.13 Å². The van der Waals surface area contributed by atoms with E-state index in [1.54, 1.807) is 6.92 Å². The fraction of sp³-hybridized carbons (Fsp3) is 0.417. The summed E-state index contributed by atoms with van der Waals surface area (Å²) in [6.07, 6.45) is 0. The maximum atomic E-state index is 12.8. The fourth-order valence-corrected chi connectivity index (χ4v) is 5.04. The second kappa shape index (κ2) is 10.0. The standard InChI is InChI=1S/C24H29N3O3S2/c1-12(2)11-30-23(29)21-16(6)25-24(32-21)27-22(28)17(7)31-19-10-14(4)18-9-13(3)8-15(5)20(18)26-19/h8-10,12,17H,11H2,1-7H3,(H,25,27,28). The number of nitrogens with zero attached hydrogens (tertiary/aromatic N) is 2.